The highest BCUT2D eigenvalue weighted by atomic mass is 16.2. The molecule has 18 heavy (non-hydrogen) atoms. The van der Waals surface area contributed by atoms with Gasteiger partial charge >= 0.3 is 6.03 Å². The molecule has 0 saturated carbocycles. The van der Waals surface area contributed by atoms with Crippen molar-refractivity contribution >= 4 is 29.1 Å². The van der Waals surface area contributed by atoms with Crippen molar-refractivity contribution < 1.29 is 9.59 Å². The predicted molar refractivity (Wildman–Crippen MR) is 65.1 cm³/mol. The van der Waals surface area contributed by atoms with E-state index in [1.165, 1.54) is 4.90 Å². The lowest BCUT2D eigenvalue weighted by Gasteiger charge is -2.26. The second kappa shape index (κ2) is 3.73. The SMILES string of the molecule is Nc1ncc2ccc(N3CCC(=O)NC3=O)cn12. The Kier molecular flexibility index (Phi) is 2.19. The summed E-state index contributed by atoms with van der Waals surface area (Å²) in [5, 5.41) is 2.28. The lowest BCUT2D eigenvalue weighted by Crippen LogP contribution is -2.49. The van der Waals surface area contributed by atoms with E-state index in [2.05, 4.69) is 10.3 Å². The van der Waals surface area contributed by atoms with Crippen molar-refractivity contribution in [2.75, 3.05) is 17.2 Å². The lowest BCUT2D eigenvalue weighted by molar-refractivity contribution is -0.120. The molecule has 0 spiro atoms. The molecule has 1 fully saturated rings. The van der Waals surface area contributed by atoms with Gasteiger partial charge < -0.3 is 5.73 Å². The average molecular weight is 245 g/mol. The second-order valence-corrected chi connectivity index (χ2v) is 4.05. The zero-order valence-electron chi connectivity index (χ0n) is 9.46. The average Bonchev–Trinajstić information content (AvgIpc) is 2.71. The normalized spacial score (nSPS) is 16.1. The number of carbonyl (C=O) groups excluding carboxylic acids is 2. The minimum absolute atomic E-state index is 0.250. The Hall–Kier alpha value is -2.57. The standard InChI is InChI=1S/C11H11N5O2/c12-10-13-5-7-1-2-8(6-16(7)10)15-4-3-9(17)14-11(15)18/h1-2,5-6H,3-4H2,(H2,12,13)(H,14,17,18). The summed E-state index contributed by atoms with van der Waals surface area (Å²) < 4.78 is 1.69. The molecule has 0 atom stereocenters. The molecule has 3 heterocycles. The molecule has 0 unspecified atom stereocenters. The van der Waals surface area contributed by atoms with Crippen molar-refractivity contribution in [3.63, 3.8) is 0 Å². The van der Waals surface area contributed by atoms with E-state index >= 15 is 0 Å². The molecule has 3 rings (SSSR count). The van der Waals surface area contributed by atoms with Crippen molar-refractivity contribution in [3.8, 4) is 0 Å². The number of imidazole rings is 1. The number of amides is 3. The van der Waals surface area contributed by atoms with Gasteiger partial charge in [-0.25, -0.2) is 9.78 Å². The fraction of sp³-hybridized carbons (Fsp3) is 0.182. The molecule has 0 aliphatic carbocycles. The van der Waals surface area contributed by atoms with Crippen molar-refractivity contribution in [3.05, 3.63) is 24.5 Å². The zero-order chi connectivity index (χ0) is 12.7. The maximum Gasteiger partial charge on any atom is 0.328 e. The second-order valence-electron chi connectivity index (χ2n) is 4.05. The van der Waals surface area contributed by atoms with Crippen molar-refractivity contribution in [2.24, 2.45) is 0 Å². The number of hydrogen-bond acceptors (Lipinski definition) is 4. The Balaban J connectivity index is 2.01. The Morgan fingerprint density at radius 1 is 1.33 bits per heavy atom. The number of aromatic nitrogens is 2. The molecule has 0 bridgehead atoms. The molecular weight excluding hydrogens is 234 g/mol. The molecule has 7 nitrogen and oxygen atoms in total. The predicted octanol–water partition coefficient (Wildman–Crippen LogP) is 0.363. The van der Waals surface area contributed by atoms with Crippen LogP contribution in [0.4, 0.5) is 16.4 Å². The first kappa shape index (κ1) is 10.6. The third kappa shape index (κ3) is 1.56. The molecule has 92 valence electrons. The number of imide groups is 1. The minimum Gasteiger partial charge on any atom is -0.369 e. The number of fused-ring (bicyclic) bond motifs is 1. The van der Waals surface area contributed by atoms with Crippen LogP contribution in [0.15, 0.2) is 24.5 Å². The first-order valence-corrected chi connectivity index (χ1v) is 5.49. The highest BCUT2D eigenvalue weighted by Gasteiger charge is 2.24. The number of nitrogens with one attached hydrogen (secondary N) is 1. The molecule has 2 aromatic heterocycles. The van der Waals surface area contributed by atoms with Gasteiger partial charge in [0.1, 0.15) is 0 Å². The molecule has 2 aromatic rings. The summed E-state index contributed by atoms with van der Waals surface area (Å²) >= 11 is 0. The van der Waals surface area contributed by atoms with Crippen LogP contribution in [0.5, 0.6) is 0 Å². The smallest absolute Gasteiger partial charge is 0.328 e. The summed E-state index contributed by atoms with van der Waals surface area (Å²) in [6, 6.07) is 3.21. The third-order valence-corrected chi connectivity index (χ3v) is 2.91. The summed E-state index contributed by atoms with van der Waals surface area (Å²) in [4.78, 5) is 28.3. The fourth-order valence-electron chi connectivity index (χ4n) is 1.97. The van der Waals surface area contributed by atoms with Crippen LogP contribution in [-0.4, -0.2) is 27.9 Å². The molecule has 1 saturated heterocycles. The summed E-state index contributed by atoms with van der Waals surface area (Å²) in [6.45, 7) is 0.366. The summed E-state index contributed by atoms with van der Waals surface area (Å²) in [6.07, 6.45) is 3.68. The van der Waals surface area contributed by atoms with E-state index in [0.717, 1.165) is 5.52 Å². The van der Waals surface area contributed by atoms with Gasteiger partial charge in [0.15, 0.2) is 0 Å². The first-order chi connectivity index (χ1) is 8.65. The molecule has 0 radical (unpaired) electrons. The van der Waals surface area contributed by atoms with Crippen LogP contribution in [0.2, 0.25) is 0 Å². The van der Waals surface area contributed by atoms with Crippen molar-refractivity contribution in [1.82, 2.24) is 14.7 Å². The lowest BCUT2D eigenvalue weighted by atomic mass is 10.2. The molecule has 7 heteroatoms. The number of rotatable bonds is 1. The molecule has 1 aliphatic heterocycles. The Bertz CT molecular complexity index is 648. The zero-order valence-corrected chi connectivity index (χ0v) is 9.46. The van der Waals surface area contributed by atoms with E-state index < -0.39 is 6.03 Å². The fourth-order valence-corrected chi connectivity index (χ4v) is 1.97. The van der Waals surface area contributed by atoms with Crippen LogP contribution in [0.1, 0.15) is 6.42 Å². The highest BCUT2D eigenvalue weighted by molar-refractivity contribution is 6.05. The number of anilines is 2. The molecule has 3 N–H and O–H groups in total. The monoisotopic (exact) mass is 245 g/mol. The Morgan fingerprint density at radius 3 is 2.94 bits per heavy atom. The van der Waals surface area contributed by atoms with Gasteiger partial charge in [-0.3, -0.25) is 19.4 Å². The number of nitrogen functional groups attached to an aromatic ring is 1. The molecule has 1 aliphatic rings. The number of carbonyl (C=O) groups is 2. The molecule has 3 amide bonds. The van der Waals surface area contributed by atoms with Crippen molar-refractivity contribution in [1.29, 1.82) is 0 Å². The number of hydrogen-bond donors (Lipinski definition) is 2. The van der Waals surface area contributed by atoms with Gasteiger partial charge in [0, 0.05) is 19.2 Å². The van der Waals surface area contributed by atoms with Crippen LogP contribution in [0, 0.1) is 0 Å². The van der Waals surface area contributed by atoms with Gasteiger partial charge in [0.2, 0.25) is 11.9 Å². The Morgan fingerprint density at radius 2 is 2.17 bits per heavy atom. The van der Waals surface area contributed by atoms with Crippen LogP contribution in [-0.2, 0) is 4.79 Å². The maximum atomic E-state index is 11.7. The van der Waals surface area contributed by atoms with Crippen LogP contribution in [0.25, 0.3) is 5.52 Å². The van der Waals surface area contributed by atoms with Crippen LogP contribution < -0.4 is 16.0 Å². The van der Waals surface area contributed by atoms with E-state index in [9.17, 15) is 9.59 Å². The first-order valence-electron chi connectivity index (χ1n) is 5.49. The van der Waals surface area contributed by atoms with E-state index in [4.69, 9.17) is 5.73 Å². The number of pyridine rings is 1. The molecule has 0 aromatic carbocycles. The van der Waals surface area contributed by atoms with E-state index in [0.29, 0.717) is 24.6 Å². The number of nitrogens with two attached hydrogens (primary N) is 1. The molecular formula is C11H11N5O2. The number of nitrogens with zero attached hydrogens (tertiary/aromatic N) is 3. The largest absolute Gasteiger partial charge is 0.369 e. The van der Waals surface area contributed by atoms with Crippen molar-refractivity contribution in [2.45, 2.75) is 6.42 Å². The maximum absolute atomic E-state index is 11.7. The quantitative estimate of drug-likeness (QED) is 0.758. The van der Waals surface area contributed by atoms with Gasteiger partial charge in [-0.2, -0.15) is 0 Å². The summed E-state index contributed by atoms with van der Waals surface area (Å²) in [5.74, 6) is 0.111. The van der Waals surface area contributed by atoms with Crippen LogP contribution >= 0.6 is 0 Å². The van der Waals surface area contributed by atoms with Crippen LogP contribution in [0.3, 0.4) is 0 Å². The topological polar surface area (TPSA) is 92.7 Å². The van der Waals surface area contributed by atoms with Gasteiger partial charge in [0.25, 0.3) is 0 Å². The highest BCUT2D eigenvalue weighted by Crippen LogP contribution is 2.19. The summed E-state index contributed by atoms with van der Waals surface area (Å²) in [7, 11) is 0. The third-order valence-electron chi connectivity index (χ3n) is 2.91. The number of urea groups is 1. The van der Waals surface area contributed by atoms with Gasteiger partial charge in [0.05, 0.1) is 17.4 Å². The Labute approximate surface area is 102 Å². The minimum atomic E-state index is -0.413. The van der Waals surface area contributed by atoms with E-state index in [1.54, 1.807) is 22.9 Å². The van der Waals surface area contributed by atoms with Gasteiger partial charge in [-0.15, -0.1) is 0 Å². The van der Waals surface area contributed by atoms with E-state index in [-0.39, 0.29) is 5.91 Å². The van der Waals surface area contributed by atoms with Gasteiger partial charge in [-0.05, 0) is 12.1 Å². The summed E-state index contributed by atoms with van der Waals surface area (Å²) in [5.41, 5.74) is 7.24. The van der Waals surface area contributed by atoms with E-state index in [1.807, 2.05) is 6.07 Å². The van der Waals surface area contributed by atoms with Gasteiger partial charge in [-0.1, -0.05) is 0 Å².